The van der Waals surface area contributed by atoms with E-state index in [2.05, 4.69) is 0 Å². The van der Waals surface area contributed by atoms with Crippen LogP contribution in [0.5, 0.6) is 0 Å². The van der Waals surface area contributed by atoms with Gasteiger partial charge in [-0.25, -0.2) is 0 Å². The standard InChI is InChI=1S/C11H17ClO4/c1-5-15-9(14)11(12)6-7(11)8(13)16-10(2,3)4/h7H,5-6H2,1-4H3. The van der Waals surface area contributed by atoms with E-state index < -0.39 is 28.3 Å². The maximum atomic E-state index is 11.6. The van der Waals surface area contributed by atoms with Crippen LogP contribution in [0.15, 0.2) is 0 Å². The highest BCUT2D eigenvalue weighted by Crippen LogP contribution is 2.51. The highest BCUT2D eigenvalue weighted by atomic mass is 35.5. The predicted octanol–water partition coefficient (Wildman–Crippen LogP) is 1.89. The molecular weight excluding hydrogens is 232 g/mol. The van der Waals surface area contributed by atoms with Crippen LogP contribution in [0.4, 0.5) is 0 Å². The summed E-state index contributed by atoms with van der Waals surface area (Å²) >= 11 is 5.99. The Morgan fingerprint density at radius 2 is 2.00 bits per heavy atom. The van der Waals surface area contributed by atoms with Crippen LogP contribution in [0.1, 0.15) is 34.1 Å². The highest BCUT2D eigenvalue weighted by Gasteiger charge is 2.65. The normalized spacial score (nSPS) is 28.4. The van der Waals surface area contributed by atoms with Crippen molar-refractivity contribution in [2.75, 3.05) is 6.61 Å². The fourth-order valence-corrected chi connectivity index (χ4v) is 1.66. The predicted molar refractivity (Wildman–Crippen MR) is 59.2 cm³/mol. The second kappa shape index (κ2) is 4.24. The van der Waals surface area contributed by atoms with Gasteiger partial charge in [-0.3, -0.25) is 9.59 Å². The SMILES string of the molecule is CCOC(=O)C1(Cl)CC1C(=O)OC(C)(C)C. The number of carbonyl (C=O) groups excluding carboxylic acids is 2. The maximum absolute atomic E-state index is 11.6. The summed E-state index contributed by atoms with van der Waals surface area (Å²) in [5, 5.41) is 0. The summed E-state index contributed by atoms with van der Waals surface area (Å²) in [5.74, 6) is -1.55. The second-order valence-corrected chi connectivity index (χ2v) is 5.55. The Kier molecular flexibility index (Phi) is 3.53. The van der Waals surface area contributed by atoms with Crippen molar-refractivity contribution in [3.05, 3.63) is 0 Å². The summed E-state index contributed by atoms with van der Waals surface area (Å²) in [4.78, 5) is 21.9. The van der Waals surface area contributed by atoms with Crippen molar-refractivity contribution in [3.8, 4) is 0 Å². The van der Waals surface area contributed by atoms with Crippen LogP contribution in [0, 0.1) is 5.92 Å². The monoisotopic (exact) mass is 248 g/mol. The lowest BCUT2D eigenvalue weighted by molar-refractivity contribution is -0.158. The summed E-state index contributed by atoms with van der Waals surface area (Å²) < 4.78 is 9.95. The fraction of sp³-hybridized carbons (Fsp3) is 0.818. The average Bonchev–Trinajstić information content (AvgIpc) is 2.77. The van der Waals surface area contributed by atoms with E-state index in [1.807, 2.05) is 0 Å². The summed E-state index contributed by atoms with van der Waals surface area (Å²) in [6.07, 6.45) is 0.294. The van der Waals surface area contributed by atoms with Gasteiger partial charge in [-0.15, -0.1) is 11.6 Å². The molecule has 0 N–H and O–H groups in total. The molecule has 1 aliphatic carbocycles. The average molecular weight is 249 g/mol. The first-order valence-corrected chi connectivity index (χ1v) is 5.67. The molecule has 1 fully saturated rings. The fourth-order valence-electron chi connectivity index (χ4n) is 1.36. The van der Waals surface area contributed by atoms with Gasteiger partial charge in [-0.05, 0) is 34.1 Å². The molecule has 92 valence electrons. The maximum Gasteiger partial charge on any atom is 0.328 e. The molecule has 0 aromatic rings. The molecule has 0 aromatic carbocycles. The van der Waals surface area contributed by atoms with E-state index >= 15 is 0 Å². The number of carbonyl (C=O) groups is 2. The van der Waals surface area contributed by atoms with Gasteiger partial charge in [-0.2, -0.15) is 0 Å². The van der Waals surface area contributed by atoms with Crippen LogP contribution in [0.3, 0.4) is 0 Å². The first kappa shape index (κ1) is 13.3. The van der Waals surface area contributed by atoms with Crippen molar-refractivity contribution in [2.24, 2.45) is 5.92 Å². The largest absolute Gasteiger partial charge is 0.465 e. The molecule has 0 heterocycles. The number of rotatable bonds is 3. The zero-order chi connectivity index (χ0) is 12.6. The van der Waals surface area contributed by atoms with Gasteiger partial charge in [0.1, 0.15) is 5.60 Å². The van der Waals surface area contributed by atoms with Gasteiger partial charge in [0.25, 0.3) is 0 Å². The third-order valence-corrected chi connectivity index (χ3v) is 2.77. The van der Waals surface area contributed by atoms with Gasteiger partial charge in [0.05, 0.1) is 12.5 Å². The van der Waals surface area contributed by atoms with E-state index in [1.165, 1.54) is 0 Å². The topological polar surface area (TPSA) is 52.6 Å². The van der Waals surface area contributed by atoms with Crippen LogP contribution in [-0.2, 0) is 19.1 Å². The Morgan fingerprint density at radius 1 is 1.44 bits per heavy atom. The Balaban J connectivity index is 2.55. The van der Waals surface area contributed by atoms with E-state index in [-0.39, 0.29) is 6.61 Å². The summed E-state index contributed by atoms with van der Waals surface area (Å²) in [5.41, 5.74) is -0.563. The molecule has 0 aromatic heterocycles. The van der Waals surface area contributed by atoms with Crippen LogP contribution < -0.4 is 0 Å². The van der Waals surface area contributed by atoms with Crippen molar-refractivity contribution < 1.29 is 19.1 Å². The molecule has 0 bridgehead atoms. The van der Waals surface area contributed by atoms with Crippen LogP contribution in [0.2, 0.25) is 0 Å². The molecular formula is C11H17ClO4. The lowest BCUT2D eigenvalue weighted by atomic mass is 10.2. The summed E-state index contributed by atoms with van der Waals surface area (Å²) in [7, 11) is 0. The lowest BCUT2D eigenvalue weighted by Gasteiger charge is -2.19. The first-order valence-electron chi connectivity index (χ1n) is 5.29. The molecule has 0 radical (unpaired) electrons. The van der Waals surface area contributed by atoms with Gasteiger partial charge in [0.2, 0.25) is 0 Å². The molecule has 0 aliphatic heterocycles. The molecule has 5 heteroatoms. The van der Waals surface area contributed by atoms with E-state index in [0.29, 0.717) is 6.42 Å². The first-order chi connectivity index (χ1) is 7.20. The Hall–Kier alpha value is -0.770. The van der Waals surface area contributed by atoms with Gasteiger partial charge in [-0.1, -0.05) is 0 Å². The van der Waals surface area contributed by atoms with Gasteiger partial charge >= 0.3 is 11.9 Å². The number of halogens is 1. The number of hydrogen-bond acceptors (Lipinski definition) is 4. The van der Waals surface area contributed by atoms with E-state index in [9.17, 15) is 9.59 Å². The van der Waals surface area contributed by atoms with Crippen molar-refractivity contribution in [3.63, 3.8) is 0 Å². The smallest absolute Gasteiger partial charge is 0.328 e. The minimum Gasteiger partial charge on any atom is -0.465 e. The van der Waals surface area contributed by atoms with Crippen LogP contribution >= 0.6 is 11.6 Å². The van der Waals surface area contributed by atoms with E-state index in [0.717, 1.165) is 0 Å². The molecule has 1 aliphatic rings. The number of ether oxygens (including phenoxy) is 2. The van der Waals surface area contributed by atoms with Crippen molar-refractivity contribution in [2.45, 2.75) is 44.6 Å². The summed E-state index contributed by atoms with van der Waals surface area (Å²) in [6, 6.07) is 0. The van der Waals surface area contributed by atoms with Crippen LogP contribution in [0.25, 0.3) is 0 Å². The minimum absolute atomic E-state index is 0.258. The van der Waals surface area contributed by atoms with E-state index in [4.69, 9.17) is 21.1 Å². The number of hydrogen-bond donors (Lipinski definition) is 0. The number of esters is 2. The second-order valence-electron chi connectivity index (χ2n) is 4.87. The third kappa shape index (κ3) is 2.88. The minimum atomic E-state index is -1.20. The van der Waals surface area contributed by atoms with Gasteiger partial charge in [0, 0.05) is 0 Å². The van der Waals surface area contributed by atoms with Crippen LogP contribution in [-0.4, -0.2) is 29.0 Å². The van der Waals surface area contributed by atoms with Crippen molar-refractivity contribution in [1.82, 2.24) is 0 Å². The third-order valence-electron chi connectivity index (χ3n) is 2.20. The highest BCUT2D eigenvalue weighted by molar-refractivity contribution is 6.38. The molecule has 0 saturated heterocycles. The molecule has 2 unspecified atom stereocenters. The molecule has 2 atom stereocenters. The molecule has 1 rings (SSSR count). The summed E-state index contributed by atoms with van der Waals surface area (Å²) in [6.45, 7) is 7.27. The Bertz CT molecular complexity index is 308. The lowest BCUT2D eigenvalue weighted by Crippen LogP contribution is -2.29. The molecule has 0 spiro atoms. The molecule has 16 heavy (non-hydrogen) atoms. The van der Waals surface area contributed by atoms with Crippen molar-refractivity contribution in [1.29, 1.82) is 0 Å². The zero-order valence-corrected chi connectivity index (χ0v) is 10.8. The Labute approximate surface area is 100 Å². The van der Waals surface area contributed by atoms with E-state index in [1.54, 1.807) is 27.7 Å². The van der Waals surface area contributed by atoms with Gasteiger partial charge < -0.3 is 9.47 Å². The molecule has 1 saturated carbocycles. The van der Waals surface area contributed by atoms with Gasteiger partial charge in [0.15, 0.2) is 4.87 Å². The Morgan fingerprint density at radius 3 is 2.44 bits per heavy atom. The molecule has 4 nitrogen and oxygen atoms in total. The number of alkyl halides is 1. The van der Waals surface area contributed by atoms with Crippen molar-refractivity contribution >= 4 is 23.5 Å². The quantitative estimate of drug-likeness (QED) is 0.565. The molecule has 0 amide bonds. The zero-order valence-electron chi connectivity index (χ0n) is 10.0.